The molecule has 5 nitrogen and oxygen atoms in total. The smallest absolute Gasteiger partial charge is 0.355 e. The quantitative estimate of drug-likeness (QED) is 0.874. The molecular formula is C11H9NO4S. The molecule has 0 aliphatic rings. The number of ether oxygens (including phenoxy) is 1. The van der Waals surface area contributed by atoms with Gasteiger partial charge in [0, 0.05) is 11.4 Å². The van der Waals surface area contributed by atoms with Gasteiger partial charge in [0.1, 0.15) is 16.5 Å². The Bertz CT molecular complexity index is 564. The first kappa shape index (κ1) is 11.4. The van der Waals surface area contributed by atoms with Gasteiger partial charge in [0.2, 0.25) is 0 Å². The molecule has 17 heavy (non-hydrogen) atoms. The molecule has 0 saturated heterocycles. The second-order valence-corrected chi connectivity index (χ2v) is 4.08. The van der Waals surface area contributed by atoms with Crippen molar-refractivity contribution in [1.82, 2.24) is 4.98 Å². The molecule has 0 aliphatic heterocycles. The van der Waals surface area contributed by atoms with Crippen LogP contribution in [-0.2, 0) is 0 Å². The van der Waals surface area contributed by atoms with Crippen molar-refractivity contribution in [3.05, 3.63) is 29.3 Å². The Morgan fingerprint density at radius 2 is 2.24 bits per heavy atom. The molecule has 2 aromatic rings. The minimum Gasteiger partial charge on any atom is -0.507 e. The average Bonchev–Trinajstić information content (AvgIpc) is 2.78. The highest BCUT2D eigenvalue weighted by molar-refractivity contribution is 7.13. The Balaban J connectivity index is 2.42. The standard InChI is InChI=1S/C11H9NO4S/c1-16-6-2-3-7(9(13)4-6)10-12-8(5-17-10)11(14)15/h2-5,13H,1H3,(H,14,15). The molecule has 0 saturated carbocycles. The lowest BCUT2D eigenvalue weighted by Crippen LogP contribution is -1.95. The molecular weight excluding hydrogens is 242 g/mol. The summed E-state index contributed by atoms with van der Waals surface area (Å²) in [5.41, 5.74) is 0.462. The summed E-state index contributed by atoms with van der Waals surface area (Å²) in [5, 5.41) is 20.4. The minimum absolute atomic E-state index is 0.00985. The minimum atomic E-state index is -1.08. The third-order valence-electron chi connectivity index (χ3n) is 2.16. The lowest BCUT2D eigenvalue weighted by atomic mass is 10.2. The van der Waals surface area contributed by atoms with Crippen molar-refractivity contribution < 1.29 is 19.7 Å². The number of phenolic OH excluding ortho intramolecular Hbond substituents is 1. The number of aromatic nitrogens is 1. The van der Waals surface area contributed by atoms with Gasteiger partial charge in [-0.3, -0.25) is 0 Å². The third kappa shape index (κ3) is 2.21. The number of phenols is 1. The number of methoxy groups -OCH3 is 1. The van der Waals surface area contributed by atoms with Gasteiger partial charge in [-0.2, -0.15) is 0 Å². The van der Waals surface area contributed by atoms with Crippen molar-refractivity contribution >= 4 is 17.3 Å². The van der Waals surface area contributed by atoms with Gasteiger partial charge in [-0.05, 0) is 12.1 Å². The van der Waals surface area contributed by atoms with Crippen LogP contribution in [0, 0.1) is 0 Å². The number of nitrogens with zero attached hydrogens (tertiary/aromatic N) is 1. The Morgan fingerprint density at radius 1 is 1.47 bits per heavy atom. The monoisotopic (exact) mass is 251 g/mol. The summed E-state index contributed by atoms with van der Waals surface area (Å²) >= 11 is 1.17. The van der Waals surface area contributed by atoms with Gasteiger partial charge < -0.3 is 14.9 Å². The van der Waals surface area contributed by atoms with Crippen molar-refractivity contribution in [3.63, 3.8) is 0 Å². The summed E-state index contributed by atoms with van der Waals surface area (Å²) in [6.45, 7) is 0. The number of aromatic carboxylic acids is 1. The van der Waals surface area contributed by atoms with E-state index >= 15 is 0 Å². The molecule has 1 aromatic carbocycles. The van der Waals surface area contributed by atoms with Crippen molar-refractivity contribution in [2.24, 2.45) is 0 Å². The molecule has 1 heterocycles. The van der Waals surface area contributed by atoms with Crippen LogP contribution in [0.25, 0.3) is 10.6 Å². The Kier molecular flexibility index (Phi) is 2.97. The van der Waals surface area contributed by atoms with Crippen molar-refractivity contribution in [1.29, 1.82) is 0 Å². The number of carbonyl (C=O) groups is 1. The Morgan fingerprint density at radius 3 is 2.76 bits per heavy atom. The summed E-state index contributed by atoms with van der Waals surface area (Å²) in [7, 11) is 1.50. The number of thiazole rings is 1. The molecule has 0 aliphatic carbocycles. The van der Waals surface area contributed by atoms with Crippen molar-refractivity contribution in [2.45, 2.75) is 0 Å². The van der Waals surface area contributed by atoms with Crippen LogP contribution in [-0.4, -0.2) is 28.3 Å². The maximum absolute atomic E-state index is 10.7. The van der Waals surface area contributed by atoms with Gasteiger partial charge >= 0.3 is 5.97 Å². The van der Waals surface area contributed by atoms with E-state index in [0.29, 0.717) is 16.3 Å². The van der Waals surface area contributed by atoms with Gasteiger partial charge in [0.25, 0.3) is 0 Å². The average molecular weight is 251 g/mol. The zero-order valence-corrected chi connectivity index (χ0v) is 9.69. The lowest BCUT2D eigenvalue weighted by Gasteiger charge is -2.03. The van der Waals surface area contributed by atoms with Gasteiger partial charge in [-0.25, -0.2) is 9.78 Å². The number of carboxylic acid groups (broad SMARTS) is 1. The number of aromatic hydroxyl groups is 1. The predicted molar refractivity (Wildman–Crippen MR) is 62.7 cm³/mol. The molecule has 0 bridgehead atoms. The molecule has 0 unspecified atom stereocenters. The highest BCUT2D eigenvalue weighted by Crippen LogP contribution is 2.34. The van der Waals surface area contributed by atoms with Crippen LogP contribution in [0.2, 0.25) is 0 Å². The van der Waals surface area contributed by atoms with Crippen molar-refractivity contribution in [2.75, 3.05) is 7.11 Å². The van der Waals surface area contributed by atoms with Crippen LogP contribution in [0.1, 0.15) is 10.5 Å². The SMILES string of the molecule is COc1ccc(-c2nc(C(=O)O)cs2)c(O)c1. The normalized spacial score (nSPS) is 10.2. The number of hydrogen-bond acceptors (Lipinski definition) is 5. The highest BCUT2D eigenvalue weighted by Gasteiger charge is 2.13. The van der Waals surface area contributed by atoms with Crippen LogP contribution in [0.4, 0.5) is 0 Å². The van der Waals surface area contributed by atoms with E-state index in [1.165, 1.54) is 29.9 Å². The largest absolute Gasteiger partial charge is 0.507 e. The first-order valence-corrected chi connectivity index (χ1v) is 5.56. The first-order chi connectivity index (χ1) is 8.11. The van der Waals surface area contributed by atoms with Crippen LogP contribution in [0.3, 0.4) is 0 Å². The molecule has 0 radical (unpaired) electrons. The molecule has 0 spiro atoms. The molecule has 0 fully saturated rings. The zero-order valence-electron chi connectivity index (χ0n) is 8.88. The fraction of sp³-hybridized carbons (Fsp3) is 0.0909. The zero-order chi connectivity index (χ0) is 12.4. The van der Waals surface area contributed by atoms with E-state index < -0.39 is 5.97 Å². The number of rotatable bonds is 3. The molecule has 0 amide bonds. The topological polar surface area (TPSA) is 79.7 Å². The Hall–Kier alpha value is -2.08. The fourth-order valence-corrected chi connectivity index (χ4v) is 2.14. The molecule has 88 valence electrons. The number of benzene rings is 1. The van der Waals surface area contributed by atoms with Crippen molar-refractivity contribution in [3.8, 4) is 22.1 Å². The first-order valence-electron chi connectivity index (χ1n) is 4.68. The van der Waals surface area contributed by atoms with Crippen LogP contribution < -0.4 is 4.74 Å². The summed E-state index contributed by atoms with van der Waals surface area (Å²) in [5.74, 6) is -0.544. The van der Waals surface area contributed by atoms with E-state index in [2.05, 4.69) is 4.98 Å². The summed E-state index contributed by atoms with van der Waals surface area (Å²) < 4.78 is 4.96. The molecule has 6 heteroatoms. The lowest BCUT2D eigenvalue weighted by molar-refractivity contribution is 0.0691. The summed E-state index contributed by atoms with van der Waals surface area (Å²) in [6.07, 6.45) is 0. The van der Waals surface area contributed by atoms with Crippen LogP contribution in [0.15, 0.2) is 23.6 Å². The summed E-state index contributed by atoms with van der Waals surface area (Å²) in [4.78, 5) is 14.6. The van der Waals surface area contributed by atoms with E-state index in [9.17, 15) is 9.90 Å². The van der Waals surface area contributed by atoms with Gasteiger partial charge in [-0.1, -0.05) is 0 Å². The second-order valence-electron chi connectivity index (χ2n) is 3.23. The highest BCUT2D eigenvalue weighted by atomic mass is 32.1. The van der Waals surface area contributed by atoms with Crippen LogP contribution in [0.5, 0.6) is 11.5 Å². The summed E-state index contributed by atoms with van der Waals surface area (Å²) in [6, 6.07) is 4.77. The maximum atomic E-state index is 10.7. The van der Waals surface area contributed by atoms with E-state index in [-0.39, 0.29) is 11.4 Å². The molecule has 1 aromatic heterocycles. The maximum Gasteiger partial charge on any atom is 0.355 e. The number of hydrogen-bond donors (Lipinski definition) is 2. The Labute approximate surface area is 101 Å². The molecule has 0 atom stereocenters. The predicted octanol–water partition coefficient (Wildman–Crippen LogP) is 2.22. The molecule has 2 rings (SSSR count). The van der Waals surface area contributed by atoms with Gasteiger partial charge in [-0.15, -0.1) is 11.3 Å². The van der Waals surface area contributed by atoms with E-state index in [4.69, 9.17) is 9.84 Å². The number of carboxylic acids is 1. The van der Waals surface area contributed by atoms with Gasteiger partial charge in [0.05, 0.1) is 12.7 Å². The van der Waals surface area contributed by atoms with Gasteiger partial charge in [0.15, 0.2) is 5.69 Å². The fourth-order valence-electron chi connectivity index (χ4n) is 1.31. The van der Waals surface area contributed by atoms with E-state index in [1.807, 2.05) is 0 Å². The second kappa shape index (κ2) is 4.42. The van der Waals surface area contributed by atoms with Crippen LogP contribution >= 0.6 is 11.3 Å². The third-order valence-corrected chi connectivity index (χ3v) is 3.03. The van der Waals surface area contributed by atoms with E-state index in [1.54, 1.807) is 12.1 Å². The van der Waals surface area contributed by atoms with E-state index in [0.717, 1.165) is 0 Å². The molecule has 2 N–H and O–H groups in total.